The Hall–Kier alpha value is -0.221. The molecule has 350 valence electrons. The van der Waals surface area contributed by atoms with Crippen LogP contribution in [0.15, 0.2) is 24.3 Å². The fraction of sp³-hybridized carbons (Fsp3) is 0.679. The van der Waals surface area contributed by atoms with Gasteiger partial charge in [-0.1, -0.05) is 162 Å². The van der Waals surface area contributed by atoms with Crippen molar-refractivity contribution in [2.75, 3.05) is 0 Å². The summed E-state index contributed by atoms with van der Waals surface area (Å²) in [7, 11) is 0. The van der Waals surface area contributed by atoms with Crippen LogP contribution in [0.4, 0.5) is 0 Å². The van der Waals surface area contributed by atoms with Crippen molar-refractivity contribution in [3.63, 3.8) is 0 Å². The van der Waals surface area contributed by atoms with E-state index in [9.17, 15) is 0 Å². The fourth-order valence-electron chi connectivity index (χ4n) is 9.63. The molecule has 0 N–H and O–H groups in total. The van der Waals surface area contributed by atoms with Gasteiger partial charge in [-0.3, -0.25) is 0 Å². The molecule has 0 saturated carbocycles. The molecule has 0 nitrogen and oxygen atoms in total. The van der Waals surface area contributed by atoms with E-state index in [1.807, 2.05) is 11.3 Å². The van der Waals surface area contributed by atoms with Crippen LogP contribution in [-0.2, 0) is 12.8 Å². The SMILES string of the molecule is CCCCCCCCCCCCCCCCCc1c(-c2ccc(C)s2)sc2c1sc1c3sc(-c4cc[c]([Sn]([CH3])([CH3])[CH3])s4)c(CCCCCCCCCCCCCCCCC)c3sc21. The van der Waals surface area contributed by atoms with Crippen LogP contribution in [0.25, 0.3) is 47.7 Å². The molecule has 6 rings (SSSR count). The van der Waals surface area contributed by atoms with Gasteiger partial charge in [0.2, 0.25) is 0 Å². The Bertz CT molecular complexity index is 2150. The monoisotopic (exact) mass is 1070 g/mol. The van der Waals surface area contributed by atoms with Crippen molar-refractivity contribution in [3.8, 4) is 19.5 Å². The Balaban J connectivity index is 1.07. The van der Waals surface area contributed by atoms with Crippen LogP contribution in [0, 0.1) is 6.92 Å². The Kier molecular flexibility index (Phi) is 23.4. The third kappa shape index (κ3) is 15.9. The second kappa shape index (κ2) is 28.3. The summed E-state index contributed by atoms with van der Waals surface area (Å²) in [6, 6.07) is 9.76. The van der Waals surface area contributed by atoms with Crippen molar-refractivity contribution in [3.05, 3.63) is 40.3 Å². The van der Waals surface area contributed by atoms with Gasteiger partial charge in [0.1, 0.15) is 0 Å². The van der Waals surface area contributed by atoms with Crippen LogP contribution in [0.2, 0.25) is 14.8 Å². The van der Waals surface area contributed by atoms with Crippen molar-refractivity contribution in [2.24, 2.45) is 0 Å². The second-order valence-corrected chi connectivity index (χ2v) is 42.1. The van der Waals surface area contributed by atoms with Gasteiger partial charge in [-0.25, -0.2) is 0 Å². The molecule has 0 unspecified atom stereocenters. The van der Waals surface area contributed by atoms with Gasteiger partial charge in [0.15, 0.2) is 0 Å². The van der Waals surface area contributed by atoms with Crippen molar-refractivity contribution >= 4 is 117 Å². The molecule has 0 bridgehead atoms. The number of hydrogen-bond donors (Lipinski definition) is 0. The molecule has 63 heavy (non-hydrogen) atoms. The molecule has 0 saturated heterocycles. The first-order valence-corrected chi connectivity index (χ1v) is 41.3. The second-order valence-electron chi connectivity index (χ2n) is 20.2. The molecule has 6 aromatic rings. The first kappa shape index (κ1) is 52.2. The van der Waals surface area contributed by atoms with Gasteiger partial charge in [0, 0.05) is 4.88 Å². The Morgan fingerprint density at radius 1 is 0.333 bits per heavy atom. The van der Waals surface area contributed by atoms with E-state index in [-0.39, 0.29) is 0 Å². The summed E-state index contributed by atoms with van der Waals surface area (Å²) in [5.74, 6) is 0. The van der Waals surface area contributed by atoms with Gasteiger partial charge in [-0.15, -0.1) is 11.3 Å². The quantitative estimate of drug-likeness (QED) is 0.0275. The van der Waals surface area contributed by atoms with Gasteiger partial charge in [-0.05, 0) is 19.1 Å². The summed E-state index contributed by atoms with van der Waals surface area (Å²) in [5.41, 5.74) is 3.36. The molecule has 0 amide bonds. The van der Waals surface area contributed by atoms with Crippen LogP contribution in [0.3, 0.4) is 0 Å². The molecule has 0 aromatic carbocycles. The molecular weight excluding hydrogens is 984 g/mol. The van der Waals surface area contributed by atoms with Crippen molar-refractivity contribution in [1.82, 2.24) is 0 Å². The average molecular weight is 1070 g/mol. The molecule has 0 aliphatic heterocycles. The van der Waals surface area contributed by atoms with E-state index in [1.54, 1.807) is 56.9 Å². The van der Waals surface area contributed by atoms with Gasteiger partial charge in [0.25, 0.3) is 0 Å². The Morgan fingerprint density at radius 2 is 0.651 bits per heavy atom. The van der Waals surface area contributed by atoms with Gasteiger partial charge in [0.05, 0.1) is 0 Å². The number of aryl methyl sites for hydroxylation is 3. The van der Waals surface area contributed by atoms with Crippen LogP contribution in [0.5, 0.6) is 0 Å². The maximum absolute atomic E-state index is 2.58. The van der Waals surface area contributed by atoms with Crippen molar-refractivity contribution < 1.29 is 0 Å². The van der Waals surface area contributed by atoms with Crippen molar-refractivity contribution in [2.45, 2.75) is 241 Å². The molecule has 0 fully saturated rings. The summed E-state index contributed by atoms with van der Waals surface area (Å²) < 4.78 is 11.4. The van der Waals surface area contributed by atoms with Gasteiger partial charge >= 0.3 is 222 Å². The third-order valence-corrected chi connectivity index (χ3v) is 31.2. The van der Waals surface area contributed by atoms with E-state index < -0.39 is 18.4 Å². The normalized spacial score (nSPS) is 12.4. The Labute approximate surface area is 414 Å². The van der Waals surface area contributed by atoms with Crippen LogP contribution in [0.1, 0.15) is 222 Å². The minimum atomic E-state index is -2.14. The topological polar surface area (TPSA) is 0 Å². The molecule has 7 heteroatoms. The minimum absolute atomic E-state index is 1.23. The first-order valence-electron chi connectivity index (χ1n) is 26.4. The standard InChI is InChI=1S/C53H77S6.3CH3.Sn/c1-4-6-8-10-12-14-16-18-20-22-24-26-28-30-32-35-42-46(44-37-34-40-54-44)56-50-48(42)58-53-51-49(59-52(50)53)43(47(57-51)45-39-38-41(3)55-45)36-33-31-29-27-25-23-21-19-17-15-13-11-9-7-5-2;;;;/h34,37-39H,4-33,35-36H2,1-3H3;3*1H3;. The molecule has 0 aliphatic carbocycles. The first-order chi connectivity index (χ1) is 30.8. The van der Waals surface area contributed by atoms with Crippen LogP contribution < -0.4 is 2.89 Å². The molecule has 0 aliphatic rings. The van der Waals surface area contributed by atoms with Crippen LogP contribution >= 0.6 is 68.0 Å². The van der Waals surface area contributed by atoms with Gasteiger partial charge < -0.3 is 0 Å². The van der Waals surface area contributed by atoms with E-state index in [0.29, 0.717) is 0 Å². The summed E-state index contributed by atoms with van der Waals surface area (Å²) in [6.07, 6.45) is 45.3. The maximum atomic E-state index is 2.58. The zero-order chi connectivity index (χ0) is 44.3. The molecular formula is C56H86S6Sn. The number of thiophene rings is 6. The predicted octanol–water partition coefficient (Wildman–Crippen LogP) is 22.5. The fourth-order valence-corrected chi connectivity index (χ4v) is 23.3. The molecule has 0 spiro atoms. The van der Waals surface area contributed by atoms with E-state index in [2.05, 4.69) is 117 Å². The van der Waals surface area contributed by atoms with Crippen molar-refractivity contribution in [1.29, 1.82) is 0 Å². The number of unbranched alkanes of at least 4 members (excludes halogenated alkanes) is 28. The average Bonchev–Trinajstić information content (AvgIpc) is 4.12. The summed E-state index contributed by atoms with van der Waals surface area (Å²) in [6.45, 7) is 6.91. The zero-order valence-corrected chi connectivity index (χ0v) is 48.6. The van der Waals surface area contributed by atoms with E-state index in [1.165, 1.54) is 215 Å². The molecule has 6 aromatic heterocycles. The summed E-state index contributed by atoms with van der Waals surface area (Å²) in [5, 5.41) is 0. The van der Waals surface area contributed by atoms with Gasteiger partial charge in [-0.2, -0.15) is 0 Å². The number of rotatable bonds is 35. The summed E-state index contributed by atoms with van der Waals surface area (Å²) >= 11 is 10.6. The molecule has 0 radical (unpaired) electrons. The van der Waals surface area contributed by atoms with E-state index in [0.717, 1.165) is 0 Å². The van der Waals surface area contributed by atoms with E-state index in [4.69, 9.17) is 0 Å². The third-order valence-electron chi connectivity index (χ3n) is 13.5. The van der Waals surface area contributed by atoms with Crippen LogP contribution in [-0.4, -0.2) is 18.4 Å². The van der Waals surface area contributed by atoms with E-state index >= 15 is 0 Å². The predicted molar refractivity (Wildman–Crippen MR) is 302 cm³/mol. The number of fused-ring (bicyclic) bond motifs is 5. The molecule has 6 heterocycles. The number of hydrogen-bond acceptors (Lipinski definition) is 6. The molecule has 0 atom stereocenters. The summed E-state index contributed by atoms with van der Waals surface area (Å²) in [4.78, 5) is 15.4. The zero-order valence-electron chi connectivity index (χ0n) is 40.9. The Morgan fingerprint density at radius 3 is 0.968 bits per heavy atom.